The van der Waals surface area contributed by atoms with Gasteiger partial charge in [-0.25, -0.2) is 0 Å². The van der Waals surface area contributed by atoms with Crippen molar-refractivity contribution in [1.29, 1.82) is 0 Å². The minimum Gasteiger partial charge on any atom is -0.383 e. The summed E-state index contributed by atoms with van der Waals surface area (Å²) in [5, 5.41) is 0. The predicted octanol–water partition coefficient (Wildman–Crippen LogP) is -0.0530. The van der Waals surface area contributed by atoms with E-state index in [1.807, 2.05) is 16.8 Å². The highest BCUT2D eigenvalue weighted by molar-refractivity contribution is 5.88. The number of rotatable bonds is 4. The van der Waals surface area contributed by atoms with Crippen molar-refractivity contribution in [2.24, 2.45) is 0 Å². The number of ether oxygens (including phenoxy) is 2. The number of methoxy groups -OCH3 is 1. The molecule has 1 unspecified atom stereocenters. The Morgan fingerprint density at radius 1 is 1.29 bits per heavy atom. The van der Waals surface area contributed by atoms with E-state index in [1.165, 1.54) is 0 Å². The van der Waals surface area contributed by atoms with Crippen LogP contribution < -0.4 is 0 Å². The first-order valence-electron chi connectivity index (χ1n) is 8.98. The molecule has 24 heavy (non-hydrogen) atoms. The van der Waals surface area contributed by atoms with Crippen molar-refractivity contribution in [3.05, 3.63) is 0 Å². The van der Waals surface area contributed by atoms with Crippen LogP contribution in [0.3, 0.4) is 0 Å². The molecule has 3 aliphatic rings. The van der Waals surface area contributed by atoms with Gasteiger partial charge in [-0.05, 0) is 32.7 Å². The quantitative estimate of drug-likeness (QED) is 0.718. The molecule has 7 nitrogen and oxygen atoms in total. The van der Waals surface area contributed by atoms with E-state index in [0.717, 1.165) is 25.9 Å². The summed E-state index contributed by atoms with van der Waals surface area (Å²) in [7, 11) is 3.69. The van der Waals surface area contributed by atoms with Crippen LogP contribution in [0.1, 0.15) is 25.7 Å². The van der Waals surface area contributed by atoms with Crippen LogP contribution in [0.4, 0.5) is 0 Å². The Labute approximate surface area is 143 Å². The molecule has 3 aliphatic heterocycles. The van der Waals surface area contributed by atoms with E-state index in [0.29, 0.717) is 45.7 Å². The van der Waals surface area contributed by atoms with Gasteiger partial charge in [0.2, 0.25) is 5.91 Å². The fraction of sp³-hybridized carbons (Fsp3) is 0.882. The minimum absolute atomic E-state index is 0.101. The van der Waals surface area contributed by atoms with Gasteiger partial charge in [0.25, 0.3) is 5.91 Å². The number of hydrogen-bond donors (Lipinski definition) is 0. The molecule has 7 heteroatoms. The van der Waals surface area contributed by atoms with E-state index >= 15 is 0 Å². The van der Waals surface area contributed by atoms with Crippen LogP contribution in [-0.2, 0) is 19.1 Å². The largest absolute Gasteiger partial charge is 0.383 e. The first-order chi connectivity index (χ1) is 11.6. The third kappa shape index (κ3) is 3.17. The third-order valence-electron chi connectivity index (χ3n) is 5.79. The normalized spacial score (nSPS) is 27.9. The summed E-state index contributed by atoms with van der Waals surface area (Å²) in [5.41, 5.74) is -0.459. The predicted molar refractivity (Wildman–Crippen MR) is 88.6 cm³/mol. The minimum atomic E-state index is -0.459. The van der Waals surface area contributed by atoms with E-state index in [9.17, 15) is 9.59 Å². The maximum absolute atomic E-state index is 13.1. The fourth-order valence-electron chi connectivity index (χ4n) is 4.13. The number of nitrogens with zero attached hydrogens (tertiary/aromatic N) is 3. The molecule has 0 aliphatic carbocycles. The van der Waals surface area contributed by atoms with Gasteiger partial charge in [0.1, 0.15) is 11.6 Å². The van der Waals surface area contributed by atoms with E-state index in [1.54, 1.807) is 7.11 Å². The molecule has 0 saturated carbocycles. The van der Waals surface area contributed by atoms with Crippen LogP contribution in [0.15, 0.2) is 0 Å². The second-order valence-corrected chi connectivity index (χ2v) is 7.07. The number of carbonyl (C=O) groups is 2. The Kier molecular flexibility index (Phi) is 5.42. The molecular formula is C17H29N3O4. The van der Waals surface area contributed by atoms with Crippen LogP contribution in [0.2, 0.25) is 0 Å². The monoisotopic (exact) mass is 339 g/mol. The lowest BCUT2D eigenvalue weighted by atomic mass is 9.82. The average molecular weight is 339 g/mol. The Bertz CT molecular complexity index is 468. The van der Waals surface area contributed by atoms with Gasteiger partial charge in [0.15, 0.2) is 0 Å². The number of amides is 2. The Morgan fingerprint density at radius 2 is 2.04 bits per heavy atom. The zero-order valence-electron chi connectivity index (χ0n) is 14.8. The molecule has 3 fully saturated rings. The van der Waals surface area contributed by atoms with E-state index in [2.05, 4.69) is 4.90 Å². The van der Waals surface area contributed by atoms with Crippen molar-refractivity contribution in [2.75, 3.05) is 60.1 Å². The summed E-state index contributed by atoms with van der Waals surface area (Å²) < 4.78 is 10.6. The summed E-state index contributed by atoms with van der Waals surface area (Å²) in [6.07, 6.45) is 2.92. The lowest BCUT2D eigenvalue weighted by Crippen LogP contribution is -2.68. The Morgan fingerprint density at radius 3 is 2.67 bits per heavy atom. The van der Waals surface area contributed by atoms with Crippen LogP contribution in [0, 0.1) is 0 Å². The number of hydrogen-bond acceptors (Lipinski definition) is 5. The van der Waals surface area contributed by atoms with Crippen LogP contribution in [0.5, 0.6) is 0 Å². The fourth-order valence-corrected chi connectivity index (χ4v) is 4.13. The summed E-state index contributed by atoms with van der Waals surface area (Å²) in [6.45, 7) is 4.77. The first kappa shape index (κ1) is 17.6. The lowest BCUT2D eigenvalue weighted by molar-refractivity contribution is -0.159. The zero-order chi connectivity index (χ0) is 17.2. The molecule has 0 N–H and O–H groups in total. The second kappa shape index (κ2) is 7.37. The maximum atomic E-state index is 13.1. The summed E-state index contributed by atoms with van der Waals surface area (Å²) in [6, 6.07) is 0. The number of likely N-dealkylation sites (tertiary alicyclic amines) is 1. The molecule has 0 aromatic rings. The third-order valence-corrected chi connectivity index (χ3v) is 5.79. The second-order valence-electron chi connectivity index (χ2n) is 7.07. The van der Waals surface area contributed by atoms with E-state index < -0.39 is 5.54 Å². The topological polar surface area (TPSA) is 62.3 Å². The van der Waals surface area contributed by atoms with Gasteiger partial charge in [-0.3, -0.25) is 14.5 Å². The van der Waals surface area contributed by atoms with Gasteiger partial charge in [-0.15, -0.1) is 0 Å². The first-order valence-corrected chi connectivity index (χ1v) is 8.98. The zero-order valence-corrected chi connectivity index (χ0v) is 14.8. The Hall–Kier alpha value is -1.18. The molecule has 3 rings (SSSR count). The molecule has 0 aromatic heterocycles. The molecule has 1 atom stereocenters. The number of piperazine rings is 1. The summed E-state index contributed by atoms with van der Waals surface area (Å²) >= 11 is 0. The van der Waals surface area contributed by atoms with Crippen LogP contribution in [-0.4, -0.2) is 98.3 Å². The van der Waals surface area contributed by atoms with Crippen molar-refractivity contribution in [3.8, 4) is 0 Å². The van der Waals surface area contributed by atoms with Gasteiger partial charge in [0.05, 0.1) is 6.61 Å². The van der Waals surface area contributed by atoms with E-state index in [-0.39, 0.29) is 17.9 Å². The highest BCUT2D eigenvalue weighted by Gasteiger charge is 2.50. The molecular weight excluding hydrogens is 310 g/mol. The standard InChI is InChI=1S/C17H29N3O4/c1-18-9-10-20(11-13-23-2)16(22)17(18)5-7-19(8-6-17)15(21)14-4-3-12-24-14/h14H,3-13H2,1-2H3. The lowest BCUT2D eigenvalue weighted by Gasteiger charge is -2.51. The van der Waals surface area contributed by atoms with Gasteiger partial charge in [-0.1, -0.05) is 0 Å². The van der Waals surface area contributed by atoms with Crippen molar-refractivity contribution >= 4 is 11.8 Å². The van der Waals surface area contributed by atoms with Crippen LogP contribution >= 0.6 is 0 Å². The number of likely N-dealkylation sites (N-methyl/N-ethyl adjacent to an activating group) is 1. The van der Waals surface area contributed by atoms with E-state index in [4.69, 9.17) is 9.47 Å². The molecule has 1 spiro atoms. The van der Waals surface area contributed by atoms with Gasteiger partial charge < -0.3 is 19.3 Å². The summed E-state index contributed by atoms with van der Waals surface area (Å²) in [5.74, 6) is 0.294. The molecule has 136 valence electrons. The molecule has 3 saturated heterocycles. The van der Waals surface area contributed by atoms with Crippen molar-refractivity contribution in [3.63, 3.8) is 0 Å². The Balaban J connectivity index is 1.63. The molecule has 0 radical (unpaired) electrons. The van der Waals surface area contributed by atoms with Gasteiger partial charge in [0, 0.05) is 46.4 Å². The molecule has 0 bridgehead atoms. The summed E-state index contributed by atoms with van der Waals surface area (Å²) in [4.78, 5) is 31.6. The molecule has 3 heterocycles. The van der Waals surface area contributed by atoms with Crippen LogP contribution in [0.25, 0.3) is 0 Å². The average Bonchev–Trinajstić information content (AvgIpc) is 3.14. The smallest absolute Gasteiger partial charge is 0.251 e. The van der Waals surface area contributed by atoms with Crippen molar-refractivity contribution in [1.82, 2.24) is 14.7 Å². The number of piperidine rings is 1. The maximum Gasteiger partial charge on any atom is 0.251 e. The molecule has 2 amide bonds. The van der Waals surface area contributed by atoms with Crippen molar-refractivity contribution < 1.29 is 19.1 Å². The van der Waals surface area contributed by atoms with Gasteiger partial charge in [-0.2, -0.15) is 0 Å². The molecule has 0 aromatic carbocycles. The SMILES string of the molecule is COCCN1CCN(C)C2(CCN(C(=O)C3CCCO3)CC2)C1=O. The highest BCUT2D eigenvalue weighted by Crippen LogP contribution is 2.33. The van der Waals surface area contributed by atoms with Gasteiger partial charge >= 0.3 is 0 Å². The van der Waals surface area contributed by atoms with Crippen molar-refractivity contribution in [2.45, 2.75) is 37.3 Å². The highest BCUT2D eigenvalue weighted by atomic mass is 16.5. The number of carbonyl (C=O) groups excluding carboxylic acids is 2.